The fourth-order valence-corrected chi connectivity index (χ4v) is 4.11. The van der Waals surface area contributed by atoms with Gasteiger partial charge in [-0.25, -0.2) is 0 Å². The van der Waals surface area contributed by atoms with E-state index in [9.17, 15) is 9.59 Å². The van der Waals surface area contributed by atoms with Gasteiger partial charge in [0, 0.05) is 24.2 Å². The molecule has 0 fully saturated rings. The Bertz CT molecular complexity index is 1100. The second-order valence-corrected chi connectivity index (χ2v) is 8.26. The van der Waals surface area contributed by atoms with Crippen molar-refractivity contribution in [3.63, 3.8) is 0 Å². The molecule has 1 N–H and O–H groups in total. The van der Waals surface area contributed by atoms with Crippen LogP contribution in [-0.4, -0.2) is 17.4 Å². The maximum absolute atomic E-state index is 13.5. The molecule has 0 aromatic heterocycles. The van der Waals surface area contributed by atoms with Gasteiger partial charge in [-0.15, -0.1) is 0 Å². The number of fused-ring (bicyclic) bond motifs is 1. The number of nitrogens with zero attached hydrogens (tertiary/aromatic N) is 1. The molecule has 152 valence electrons. The molecule has 3 aromatic carbocycles. The fraction of sp³-hybridized carbons (Fsp3) is 0.231. The lowest BCUT2D eigenvalue weighted by Crippen LogP contribution is -2.63. The molecule has 1 aliphatic heterocycles. The summed E-state index contributed by atoms with van der Waals surface area (Å²) in [6, 6.07) is 23.4. The Kier molecular flexibility index (Phi) is 5.17. The first-order valence-electron chi connectivity index (χ1n) is 10.2. The molecule has 0 spiro atoms. The number of hydrogen-bond donors (Lipinski definition) is 1. The minimum atomic E-state index is -1.02. The van der Waals surface area contributed by atoms with Crippen LogP contribution < -0.4 is 10.2 Å². The number of anilines is 1. The van der Waals surface area contributed by atoms with Gasteiger partial charge in [-0.05, 0) is 55.7 Å². The van der Waals surface area contributed by atoms with E-state index in [4.69, 9.17) is 0 Å². The summed E-state index contributed by atoms with van der Waals surface area (Å²) in [6.07, 6.45) is 0.461. The summed E-state index contributed by atoms with van der Waals surface area (Å²) >= 11 is 0. The van der Waals surface area contributed by atoms with Gasteiger partial charge < -0.3 is 5.32 Å². The smallest absolute Gasteiger partial charge is 0.259 e. The van der Waals surface area contributed by atoms with Crippen molar-refractivity contribution in [1.29, 1.82) is 0 Å². The van der Waals surface area contributed by atoms with Gasteiger partial charge in [0.05, 0.1) is 0 Å². The third kappa shape index (κ3) is 3.61. The van der Waals surface area contributed by atoms with E-state index in [1.54, 1.807) is 4.90 Å². The van der Waals surface area contributed by atoms with Crippen molar-refractivity contribution < 1.29 is 9.59 Å². The molecule has 30 heavy (non-hydrogen) atoms. The van der Waals surface area contributed by atoms with E-state index in [1.165, 1.54) is 5.56 Å². The zero-order chi connectivity index (χ0) is 21.3. The summed E-state index contributed by atoms with van der Waals surface area (Å²) in [6.45, 7) is 6.30. The molecule has 1 heterocycles. The van der Waals surface area contributed by atoms with E-state index >= 15 is 0 Å². The normalized spacial score (nSPS) is 18.1. The summed E-state index contributed by atoms with van der Waals surface area (Å²) in [4.78, 5) is 28.6. The first kappa shape index (κ1) is 19.9. The second kappa shape index (κ2) is 7.79. The van der Waals surface area contributed by atoms with E-state index in [0.29, 0.717) is 18.5 Å². The van der Waals surface area contributed by atoms with Crippen LogP contribution in [0.15, 0.2) is 72.8 Å². The largest absolute Gasteiger partial charge is 0.350 e. The number of nitrogens with one attached hydrogen (secondary N) is 1. The summed E-state index contributed by atoms with van der Waals surface area (Å²) in [7, 11) is 0. The van der Waals surface area contributed by atoms with Crippen molar-refractivity contribution in [2.24, 2.45) is 0 Å². The fourth-order valence-electron chi connectivity index (χ4n) is 4.11. The molecule has 4 rings (SSSR count). The summed E-state index contributed by atoms with van der Waals surface area (Å²) in [5, 5.41) is 3.06. The Morgan fingerprint density at radius 1 is 0.967 bits per heavy atom. The molecule has 0 unspecified atom stereocenters. The van der Waals surface area contributed by atoms with Crippen molar-refractivity contribution in [3.05, 3.63) is 101 Å². The quantitative estimate of drug-likeness (QED) is 0.699. The van der Waals surface area contributed by atoms with Crippen LogP contribution in [0, 0.1) is 13.8 Å². The first-order chi connectivity index (χ1) is 14.4. The van der Waals surface area contributed by atoms with Crippen LogP contribution in [-0.2, 0) is 17.8 Å². The minimum absolute atomic E-state index is 0.143. The molecule has 0 saturated heterocycles. The third-order valence-corrected chi connectivity index (χ3v) is 5.80. The zero-order valence-corrected chi connectivity index (χ0v) is 17.6. The molecule has 0 radical (unpaired) electrons. The minimum Gasteiger partial charge on any atom is -0.350 e. The van der Waals surface area contributed by atoms with Crippen molar-refractivity contribution in [1.82, 2.24) is 5.32 Å². The predicted molar refractivity (Wildman–Crippen MR) is 120 cm³/mol. The van der Waals surface area contributed by atoms with Gasteiger partial charge in [0.1, 0.15) is 5.54 Å². The number of hydrogen-bond acceptors (Lipinski definition) is 2. The zero-order valence-electron chi connectivity index (χ0n) is 17.6. The number of carbonyl (C=O) groups is 2. The van der Waals surface area contributed by atoms with E-state index in [1.807, 2.05) is 93.6 Å². The van der Waals surface area contributed by atoms with Crippen LogP contribution in [0.4, 0.5) is 5.69 Å². The molecule has 4 heteroatoms. The molecule has 4 nitrogen and oxygen atoms in total. The molecular weight excluding hydrogens is 372 g/mol. The first-order valence-corrected chi connectivity index (χ1v) is 10.2. The summed E-state index contributed by atoms with van der Waals surface area (Å²) in [5.74, 6) is -0.303. The molecular formula is C26H26N2O2. The van der Waals surface area contributed by atoms with Gasteiger partial charge >= 0.3 is 0 Å². The van der Waals surface area contributed by atoms with Crippen molar-refractivity contribution in [2.45, 2.75) is 39.3 Å². The highest BCUT2D eigenvalue weighted by Crippen LogP contribution is 2.35. The van der Waals surface area contributed by atoms with Crippen molar-refractivity contribution >= 4 is 17.5 Å². The van der Waals surface area contributed by atoms with E-state index in [-0.39, 0.29) is 11.8 Å². The summed E-state index contributed by atoms with van der Waals surface area (Å²) in [5.41, 5.74) is 4.52. The van der Waals surface area contributed by atoms with Gasteiger partial charge in [-0.1, -0.05) is 60.2 Å². The van der Waals surface area contributed by atoms with Crippen LogP contribution >= 0.6 is 0 Å². The van der Waals surface area contributed by atoms with Crippen LogP contribution in [0.5, 0.6) is 0 Å². The molecule has 3 aromatic rings. The molecule has 0 saturated carbocycles. The van der Waals surface area contributed by atoms with Crippen LogP contribution in [0.25, 0.3) is 0 Å². The SMILES string of the molecule is Cc1ccc(CNC(=O)[C@]2(C)Cc3ccccc3C(=O)N2c2cccc(C)c2)cc1. The second-order valence-electron chi connectivity index (χ2n) is 8.26. The van der Waals surface area contributed by atoms with E-state index < -0.39 is 5.54 Å². The summed E-state index contributed by atoms with van der Waals surface area (Å²) < 4.78 is 0. The Morgan fingerprint density at radius 2 is 1.70 bits per heavy atom. The average molecular weight is 399 g/mol. The topological polar surface area (TPSA) is 49.4 Å². The van der Waals surface area contributed by atoms with Crippen LogP contribution in [0.3, 0.4) is 0 Å². The highest BCUT2D eigenvalue weighted by molar-refractivity contribution is 6.14. The van der Waals surface area contributed by atoms with Gasteiger partial charge in [-0.2, -0.15) is 0 Å². The van der Waals surface area contributed by atoms with Crippen LogP contribution in [0.2, 0.25) is 0 Å². The predicted octanol–water partition coefficient (Wildman–Crippen LogP) is 4.58. The Labute approximate surface area is 177 Å². The molecule has 1 atom stereocenters. The standard InChI is InChI=1S/C26H26N2O2/c1-18-11-13-20(14-12-18)17-27-25(30)26(3)16-21-8-4-5-10-23(21)24(29)28(26)22-9-6-7-19(2)15-22/h4-15H,16-17H2,1-3H3,(H,27,30)/t26-/m0/s1. The van der Waals surface area contributed by atoms with Gasteiger partial charge in [0.15, 0.2) is 0 Å². The molecule has 0 bridgehead atoms. The average Bonchev–Trinajstić information content (AvgIpc) is 2.73. The maximum atomic E-state index is 13.5. The van der Waals surface area contributed by atoms with Crippen molar-refractivity contribution in [2.75, 3.05) is 4.90 Å². The lowest BCUT2D eigenvalue weighted by molar-refractivity contribution is -0.126. The Hall–Kier alpha value is -3.40. The number of benzene rings is 3. The lowest BCUT2D eigenvalue weighted by atomic mass is 9.82. The molecule has 1 aliphatic rings. The number of amides is 2. The highest BCUT2D eigenvalue weighted by atomic mass is 16.2. The number of carbonyl (C=O) groups excluding carboxylic acids is 2. The van der Waals surface area contributed by atoms with Crippen LogP contribution in [0.1, 0.15) is 39.5 Å². The number of aryl methyl sites for hydroxylation is 2. The van der Waals surface area contributed by atoms with Crippen molar-refractivity contribution in [3.8, 4) is 0 Å². The van der Waals surface area contributed by atoms with Gasteiger partial charge in [0.25, 0.3) is 5.91 Å². The molecule has 0 aliphatic carbocycles. The highest BCUT2D eigenvalue weighted by Gasteiger charge is 2.47. The lowest BCUT2D eigenvalue weighted by Gasteiger charge is -2.44. The Balaban J connectivity index is 1.70. The molecule has 2 amide bonds. The van der Waals surface area contributed by atoms with E-state index in [2.05, 4.69) is 5.32 Å². The van der Waals surface area contributed by atoms with Gasteiger partial charge in [-0.3, -0.25) is 14.5 Å². The van der Waals surface area contributed by atoms with E-state index in [0.717, 1.165) is 22.4 Å². The Morgan fingerprint density at radius 3 is 2.43 bits per heavy atom. The maximum Gasteiger partial charge on any atom is 0.259 e. The van der Waals surface area contributed by atoms with Gasteiger partial charge in [0.2, 0.25) is 5.91 Å². The number of rotatable bonds is 4. The third-order valence-electron chi connectivity index (χ3n) is 5.80. The monoisotopic (exact) mass is 398 g/mol.